The van der Waals surface area contributed by atoms with Gasteiger partial charge in [-0.1, -0.05) is 48.6 Å². The molecule has 1 heterocycles. The highest BCUT2D eigenvalue weighted by Crippen LogP contribution is 2.34. The Labute approximate surface area is 201 Å². The second-order valence-corrected chi connectivity index (χ2v) is 10.6. The van der Waals surface area contributed by atoms with Crippen LogP contribution >= 0.6 is 24.0 Å². The number of nitrogens with zero attached hydrogens (tertiary/aromatic N) is 1. The summed E-state index contributed by atoms with van der Waals surface area (Å²) in [4.78, 5) is 26.7. The van der Waals surface area contributed by atoms with Crippen molar-refractivity contribution in [3.8, 4) is 5.75 Å². The predicted molar refractivity (Wildman–Crippen MR) is 133 cm³/mol. The lowest BCUT2D eigenvalue weighted by molar-refractivity contribution is -0.122. The van der Waals surface area contributed by atoms with Crippen molar-refractivity contribution >= 4 is 61.9 Å². The summed E-state index contributed by atoms with van der Waals surface area (Å²) < 4.78 is 23.0. The quantitative estimate of drug-likeness (QED) is 0.270. The van der Waals surface area contributed by atoms with Crippen molar-refractivity contribution in [2.24, 2.45) is 5.14 Å². The lowest BCUT2D eigenvalue weighted by Gasteiger charge is -2.14. The number of nitrogens with two attached hydrogens (primary N) is 1. The predicted octanol–water partition coefficient (Wildman–Crippen LogP) is 3.44. The highest BCUT2D eigenvalue weighted by molar-refractivity contribution is 8.26. The van der Waals surface area contributed by atoms with Crippen LogP contribution in [-0.4, -0.2) is 41.1 Å². The third-order valence-electron chi connectivity index (χ3n) is 4.85. The molecule has 2 amide bonds. The number of hydrogen-bond donors (Lipinski definition) is 3. The monoisotopic (exact) mass is 505 g/mol. The molecule has 2 aromatic rings. The summed E-state index contributed by atoms with van der Waals surface area (Å²) >= 11 is 6.53. The minimum atomic E-state index is -3.77. The van der Waals surface area contributed by atoms with E-state index in [1.165, 1.54) is 36.0 Å². The summed E-state index contributed by atoms with van der Waals surface area (Å²) in [5.41, 5.74) is 1.05. The number of phenolic OH excluding ortho intramolecular Hbond substituents is 1. The number of primary sulfonamides is 1. The van der Waals surface area contributed by atoms with E-state index in [0.717, 1.165) is 6.42 Å². The number of nitrogens with one attached hydrogen (secondary N) is 1. The molecule has 1 aliphatic heterocycles. The van der Waals surface area contributed by atoms with Crippen LogP contribution < -0.4 is 10.5 Å². The zero-order chi connectivity index (χ0) is 24.0. The molecule has 0 aliphatic carbocycles. The number of unbranched alkanes of at least 4 members (excludes halogenated alkanes) is 2. The number of amides is 2. The van der Waals surface area contributed by atoms with Gasteiger partial charge in [0.2, 0.25) is 15.9 Å². The van der Waals surface area contributed by atoms with Crippen molar-refractivity contribution in [3.05, 3.63) is 59.0 Å². The molecule has 0 aromatic heterocycles. The van der Waals surface area contributed by atoms with Gasteiger partial charge in [-0.2, -0.15) is 0 Å². The molecule has 33 heavy (non-hydrogen) atoms. The average Bonchev–Trinajstić information content (AvgIpc) is 3.02. The van der Waals surface area contributed by atoms with E-state index >= 15 is 0 Å². The van der Waals surface area contributed by atoms with Gasteiger partial charge in [0.25, 0.3) is 5.91 Å². The second-order valence-electron chi connectivity index (χ2n) is 7.32. The number of benzene rings is 2. The van der Waals surface area contributed by atoms with Crippen LogP contribution in [0.1, 0.15) is 31.2 Å². The third-order valence-corrected chi connectivity index (χ3v) is 7.16. The van der Waals surface area contributed by atoms with Crippen LogP contribution in [0.2, 0.25) is 0 Å². The lowest BCUT2D eigenvalue weighted by Crippen LogP contribution is -2.29. The fraction of sp³-hybridized carbons (Fsp3) is 0.227. The van der Waals surface area contributed by atoms with E-state index in [2.05, 4.69) is 5.32 Å². The fourth-order valence-electron chi connectivity index (χ4n) is 3.13. The van der Waals surface area contributed by atoms with Crippen molar-refractivity contribution in [1.29, 1.82) is 0 Å². The van der Waals surface area contributed by atoms with Gasteiger partial charge in [-0.3, -0.25) is 14.5 Å². The number of sulfonamides is 1. The van der Waals surface area contributed by atoms with Crippen LogP contribution in [0, 0.1) is 0 Å². The maximum absolute atomic E-state index is 12.7. The number of carbonyl (C=O) groups excluding carboxylic acids is 2. The molecule has 3 rings (SSSR count). The molecule has 11 heteroatoms. The molecule has 1 fully saturated rings. The van der Waals surface area contributed by atoms with E-state index in [0.29, 0.717) is 46.3 Å². The van der Waals surface area contributed by atoms with Crippen LogP contribution in [0.5, 0.6) is 5.75 Å². The molecule has 0 unspecified atom stereocenters. The van der Waals surface area contributed by atoms with E-state index < -0.39 is 10.0 Å². The smallest absolute Gasteiger partial charge is 0.266 e. The minimum Gasteiger partial charge on any atom is -0.507 e. The number of aromatic hydroxyl groups is 1. The Morgan fingerprint density at radius 2 is 1.82 bits per heavy atom. The number of para-hydroxylation sites is 1. The first kappa shape index (κ1) is 24.9. The van der Waals surface area contributed by atoms with Crippen molar-refractivity contribution in [3.63, 3.8) is 0 Å². The van der Waals surface area contributed by atoms with E-state index in [4.69, 9.17) is 17.4 Å². The molecule has 0 saturated carbocycles. The molecule has 0 atom stereocenters. The molecular formula is C22H23N3O5S3. The Morgan fingerprint density at radius 1 is 1.12 bits per heavy atom. The van der Waals surface area contributed by atoms with E-state index in [9.17, 15) is 23.1 Å². The molecule has 1 aliphatic rings. The first-order valence-electron chi connectivity index (χ1n) is 10.1. The van der Waals surface area contributed by atoms with Crippen LogP contribution in [-0.2, 0) is 19.6 Å². The van der Waals surface area contributed by atoms with Gasteiger partial charge >= 0.3 is 0 Å². The second kappa shape index (κ2) is 10.9. The van der Waals surface area contributed by atoms with Gasteiger partial charge in [0.1, 0.15) is 10.1 Å². The molecule has 4 N–H and O–H groups in total. The summed E-state index contributed by atoms with van der Waals surface area (Å²) in [6.45, 7) is 0.458. The maximum Gasteiger partial charge on any atom is 0.266 e. The largest absolute Gasteiger partial charge is 0.507 e. The maximum atomic E-state index is 12.7. The Kier molecular flexibility index (Phi) is 8.25. The van der Waals surface area contributed by atoms with Gasteiger partial charge in [0.15, 0.2) is 0 Å². The van der Waals surface area contributed by atoms with E-state index in [-0.39, 0.29) is 22.5 Å². The van der Waals surface area contributed by atoms with Crippen LogP contribution in [0.4, 0.5) is 5.69 Å². The van der Waals surface area contributed by atoms with Crippen LogP contribution in [0.15, 0.2) is 58.3 Å². The number of anilines is 1. The van der Waals surface area contributed by atoms with Crippen molar-refractivity contribution in [2.75, 3.05) is 11.9 Å². The molecule has 174 valence electrons. The zero-order valence-corrected chi connectivity index (χ0v) is 20.0. The number of thiocarbonyl (C=S) groups is 1. The van der Waals surface area contributed by atoms with Crippen LogP contribution in [0.3, 0.4) is 0 Å². The summed E-state index contributed by atoms with van der Waals surface area (Å²) in [6, 6.07) is 12.4. The normalized spacial score (nSPS) is 15.3. The standard InChI is InChI=1S/C22H23N3O5S3/c23-33(29,30)17-11-9-16(10-12-17)24-20(27)8-2-1-5-13-25-21(28)19(32-22(25)31)14-15-6-3-4-7-18(15)26/h3-4,6-7,9-12,14,26H,1-2,5,8,13H2,(H,24,27)(H2,23,29,30)/b19-14-. The molecule has 2 aromatic carbocycles. The number of carbonyl (C=O) groups is 2. The number of rotatable bonds is 9. The SMILES string of the molecule is NS(=O)(=O)c1ccc(NC(=O)CCCCCN2C(=O)/C(=C/c3ccccc3O)SC2=S)cc1. The van der Waals surface area contributed by atoms with E-state index in [1.807, 2.05) is 0 Å². The molecule has 0 radical (unpaired) electrons. The average molecular weight is 506 g/mol. The van der Waals surface area contributed by atoms with Crippen LogP contribution in [0.25, 0.3) is 6.08 Å². The number of hydrogen-bond acceptors (Lipinski definition) is 7. The summed E-state index contributed by atoms with van der Waals surface area (Å²) in [6.07, 6.45) is 3.97. The Morgan fingerprint density at radius 3 is 2.48 bits per heavy atom. The van der Waals surface area contributed by atoms with Crippen molar-refractivity contribution in [2.45, 2.75) is 30.6 Å². The van der Waals surface area contributed by atoms with Crippen molar-refractivity contribution in [1.82, 2.24) is 4.90 Å². The zero-order valence-electron chi connectivity index (χ0n) is 17.6. The van der Waals surface area contributed by atoms with Gasteiger partial charge in [0, 0.05) is 24.2 Å². The van der Waals surface area contributed by atoms with Gasteiger partial charge in [0.05, 0.1) is 9.80 Å². The Hall–Kier alpha value is -2.73. The topological polar surface area (TPSA) is 130 Å². The molecule has 8 nitrogen and oxygen atoms in total. The number of phenols is 1. The highest BCUT2D eigenvalue weighted by atomic mass is 32.2. The summed E-state index contributed by atoms with van der Waals surface area (Å²) in [5, 5.41) is 17.7. The fourth-order valence-corrected chi connectivity index (χ4v) is 4.94. The molecule has 1 saturated heterocycles. The first-order valence-corrected chi connectivity index (χ1v) is 12.9. The third kappa shape index (κ3) is 6.87. The van der Waals surface area contributed by atoms with E-state index in [1.54, 1.807) is 35.2 Å². The van der Waals surface area contributed by atoms with Gasteiger partial charge in [-0.15, -0.1) is 0 Å². The highest BCUT2D eigenvalue weighted by Gasteiger charge is 2.31. The number of thioether (sulfide) groups is 1. The summed E-state index contributed by atoms with van der Waals surface area (Å²) in [7, 11) is -3.77. The Balaban J connectivity index is 1.42. The lowest BCUT2D eigenvalue weighted by atomic mass is 10.1. The summed E-state index contributed by atoms with van der Waals surface area (Å²) in [5.74, 6) is -0.273. The minimum absolute atomic E-state index is 0.0217. The van der Waals surface area contributed by atoms with Crippen molar-refractivity contribution < 1.29 is 23.1 Å². The van der Waals surface area contributed by atoms with Gasteiger partial charge < -0.3 is 10.4 Å². The molecule has 0 bridgehead atoms. The van der Waals surface area contributed by atoms with Gasteiger partial charge in [-0.05, 0) is 49.2 Å². The Bertz CT molecular complexity index is 1190. The molecular weight excluding hydrogens is 482 g/mol. The first-order chi connectivity index (χ1) is 15.6. The molecule has 0 spiro atoms. The van der Waals surface area contributed by atoms with Gasteiger partial charge in [-0.25, -0.2) is 13.6 Å².